The molecule has 5 heteroatoms. The van der Waals surface area contributed by atoms with Crippen molar-refractivity contribution in [2.75, 3.05) is 14.2 Å². The average molecular weight is 328 g/mol. The molecule has 0 aliphatic carbocycles. The molecule has 0 spiro atoms. The predicted octanol–water partition coefficient (Wildman–Crippen LogP) is 3.08. The summed E-state index contributed by atoms with van der Waals surface area (Å²) in [7, 11) is 2.57. The quantitative estimate of drug-likeness (QED) is 0.807. The highest BCUT2D eigenvalue weighted by Crippen LogP contribution is 2.07. The summed E-state index contributed by atoms with van der Waals surface area (Å²) >= 11 is 0. The number of carbonyl (C=O) groups excluding carboxylic acids is 3. The first-order chi connectivity index (χ1) is 11.5. The van der Waals surface area contributed by atoms with Gasteiger partial charge in [-0.15, -0.1) is 0 Å². The number of hydrogen-bond donors (Lipinski definition) is 0. The maximum Gasteiger partial charge on any atom is 0.337 e. The van der Waals surface area contributed by atoms with E-state index in [1.165, 1.54) is 20.3 Å². The highest BCUT2D eigenvalue weighted by atomic mass is 16.5. The van der Waals surface area contributed by atoms with E-state index in [0.29, 0.717) is 17.5 Å². The van der Waals surface area contributed by atoms with E-state index < -0.39 is 11.9 Å². The Morgan fingerprint density at radius 1 is 0.792 bits per heavy atom. The Morgan fingerprint density at radius 3 is 1.71 bits per heavy atom. The summed E-state index contributed by atoms with van der Waals surface area (Å²) in [5.41, 5.74) is 1.75. The van der Waals surface area contributed by atoms with Crippen molar-refractivity contribution < 1.29 is 23.9 Å². The Balaban J connectivity index is 0.000000254. The van der Waals surface area contributed by atoms with E-state index in [-0.39, 0.29) is 5.78 Å². The number of ketones is 1. The number of esters is 2. The number of ether oxygens (including phenoxy) is 2. The van der Waals surface area contributed by atoms with Crippen LogP contribution in [0.5, 0.6) is 0 Å². The number of methoxy groups -OCH3 is 2. The van der Waals surface area contributed by atoms with Crippen LogP contribution in [0.25, 0.3) is 0 Å². The predicted molar refractivity (Wildman–Crippen MR) is 89.9 cm³/mol. The molecule has 0 heterocycles. The van der Waals surface area contributed by atoms with Crippen molar-refractivity contribution in [1.82, 2.24) is 0 Å². The molecule has 0 aromatic heterocycles. The van der Waals surface area contributed by atoms with Gasteiger partial charge < -0.3 is 9.47 Å². The number of Topliss-reactive ketones (excluding diaryl/α,β-unsaturated/α-hetero) is 1. The highest BCUT2D eigenvalue weighted by molar-refractivity contribution is 5.95. The van der Waals surface area contributed by atoms with Gasteiger partial charge in [0.05, 0.1) is 25.3 Å². The summed E-state index contributed by atoms with van der Waals surface area (Å²) in [6.45, 7) is 1.60. The topological polar surface area (TPSA) is 69.7 Å². The van der Waals surface area contributed by atoms with Crippen LogP contribution < -0.4 is 0 Å². The van der Waals surface area contributed by atoms with Crippen LogP contribution in [0.2, 0.25) is 0 Å². The minimum atomic E-state index is -0.476. The van der Waals surface area contributed by atoms with E-state index in [9.17, 15) is 14.4 Å². The molecule has 0 fully saturated rings. The van der Waals surface area contributed by atoms with Gasteiger partial charge in [-0.05, 0) is 30.7 Å². The number of rotatable bonds is 4. The van der Waals surface area contributed by atoms with Crippen LogP contribution in [0.4, 0.5) is 0 Å². The minimum absolute atomic E-state index is 0.214. The van der Waals surface area contributed by atoms with Crippen molar-refractivity contribution in [3.8, 4) is 0 Å². The zero-order chi connectivity index (χ0) is 17.9. The molecule has 126 valence electrons. The van der Waals surface area contributed by atoms with Gasteiger partial charge in [-0.2, -0.15) is 0 Å². The number of carbonyl (C=O) groups is 3. The van der Waals surface area contributed by atoms with Crippen LogP contribution in [0.15, 0.2) is 54.6 Å². The zero-order valence-corrected chi connectivity index (χ0v) is 13.9. The molecule has 0 saturated carbocycles. The second kappa shape index (κ2) is 9.94. The summed E-state index contributed by atoms with van der Waals surface area (Å²) in [6.07, 6.45) is 0.556. The molecule has 0 atom stereocenters. The molecule has 0 N–H and O–H groups in total. The molecule has 0 radical (unpaired) electrons. The van der Waals surface area contributed by atoms with Gasteiger partial charge in [0.25, 0.3) is 0 Å². The summed E-state index contributed by atoms with van der Waals surface area (Å²) in [6, 6.07) is 15.9. The van der Waals surface area contributed by atoms with Crippen molar-refractivity contribution in [1.29, 1.82) is 0 Å². The molecule has 0 saturated heterocycles. The third-order valence-electron chi connectivity index (χ3n) is 3.00. The lowest BCUT2D eigenvalue weighted by Crippen LogP contribution is -2.05. The van der Waals surface area contributed by atoms with E-state index in [2.05, 4.69) is 9.47 Å². The van der Waals surface area contributed by atoms with Crippen molar-refractivity contribution in [2.45, 2.75) is 13.3 Å². The first kappa shape index (κ1) is 19.1. The molecular weight excluding hydrogens is 308 g/mol. The smallest absolute Gasteiger partial charge is 0.337 e. The fourth-order valence-electron chi connectivity index (χ4n) is 1.89. The SMILES string of the molecule is CC(=O)Cc1ccccc1.COC(=O)c1cccc(C(=O)OC)c1. The standard InChI is InChI=1S/C10H10O4.C9H10O/c1-13-9(11)7-4-3-5-8(6-7)10(12)14-2;1-8(10)7-9-5-3-2-4-6-9/h3-6H,1-2H3;2-6H,7H2,1H3. The monoisotopic (exact) mass is 328 g/mol. The van der Waals surface area contributed by atoms with E-state index in [1.807, 2.05) is 30.3 Å². The van der Waals surface area contributed by atoms with Crippen LogP contribution >= 0.6 is 0 Å². The van der Waals surface area contributed by atoms with Crippen LogP contribution in [-0.2, 0) is 20.7 Å². The molecule has 0 bridgehead atoms. The summed E-state index contributed by atoms with van der Waals surface area (Å²) < 4.78 is 9.03. The van der Waals surface area contributed by atoms with Crippen LogP contribution in [0.1, 0.15) is 33.2 Å². The second-order valence-corrected chi connectivity index (χ2v) is 4.93. The van der Waals surface area contributed by atoms with Gasteiger partial charge in [-0.3, -0.25) is 4.79 Å². The summed E-state index contributed by atoms with van der Waals surface area (Å²) in [5.74, 6) is -0.738. The van der Waals surface area contributed by atoms with Gasteiger partial charge in [-0.1, -0.05) is 36.4 Å². The minimum Gasteiger partial charge on any atom is -0.465 e. The van der Waals surface area contributed by atoms with Gasteiger partial charge in [0.15, 0.2) is 0 Å². The fourth-order valence-corrected chi connectivity index (χ4v) is 1.89. The summed E-state index contributed by atoms with van der Waals surface area (Å²) in [5, 5.41) is 0. The highest BCUT2D eigenvalue weighted by Gasteiger charge is 2.09. The molecule has 0 aliphatic heterocycles. The molecule has 0 amide bonds. The number of hydrogen-bond acceptors (Lipinski definition) is 5. The maximum absolute atomic E-state index is 11.1. The van der Waals surface area contributed by atoms with E-state index in [4.69, 9.17) is 0 Å². The lowest BCUT2D eigenvalue weighted by molar-refractivity contribution is -0.116. The lowest BCUT2D eigenvalue weighted by atomic mass is 10.1. The largest absolute Gasteiger partial charge is 0.465 e. The third kappa shape index (κ3) is 6.44. The second-order valence-electron chi connectivity index (χ2n) is 4.93. The van der Waals surface area contributed by atoms with E-state index in [1.54, 1.807) is 25.1 Å². The van der Waals surface area contributed by atoms with Gasteiger partial charge >= 0.3 is 11.9 Å². The molecule has 0 aliphatic rings. The average Bonchev–Trinajstić information content (AvgIpc) is 2.61. The van der Waals surface area contributed by atoms with Gasteiger partial charge in [0.2, 0.25) is 0 Å². The fraction of sp³-hybridized carbons (Fsp3) is 0.211. The van der Waals surface area contributed by atoms with Crippen LogP contribution in [0.3, 0.4) is 0 Å². The molecular formula is C19H20O5. The third-order valence-corrected chi connectivity index (χ3v) is 3.00. The van der Waals surface area contributed by atoms with Crippen LogP contribution in [-0.4, -0.2) is 31.9 Å². The molecule has 24 heavy (non-hydrogen) atoms. The van der Waals surface area contributed by atoms with E-state index in [0.717, 1.165) is 5.56 Å². The van der Waals surface area contributed by atoms with Crippen molar-refractivity contribution in [3.63, 3.8) is 0 Å². The lowest BCUT2D eigenvalue weighted by Gasteiger charge is -2.01. The number of benzene rings is 2. The molecule has 0 unspecified atom stereocenters. The summed E-state index contributed by atoms with van der Waals surface area (Å²) in [4.78, 5) is 32.8. The maximum atomic E-state index is 11.1. The Bertz CT molecular complexity index is 661. The molecule has 2 rings (SSSR count). The Kier molecular flexibility index (Phi) is 7.91. The van der Waals surface area contributed by atoms with Crippen molar-refractivity contribution in [3.05, 3.63) is 71.3 Å². The van der Waals surface area contributed by atoms with E-state index >= 15 is 0 Å². The van der Waals surface area contributed by atoms with Crippen molar-refractivity contribution >= 4 is 17.7 Å². The Labute approximate surface area is 141 Å². The van der Waals surface area contributed by atoms with Gasteiger partial charge in [0.1, 0.15) is 5.78 Å². The first-order valence-electron chi connectivity index (χ1n) is 7.28. The van der Waals surface area contributed by atoms with Gasteiger partial charge in [-0.25, -0.2) is 9.59 Å². The molecule has 2 aromatic carbocycles. The zero-order valence-electron chi connectivity index (χ0n) is 13.9. The Hall–Kier alpha value is -2.95. The first-order valence-corrected chi connectivity index (χ1v) is 7.28. The Morgan fingerprint density at radius 2 is 1.29 bits per heavy atom. The molecule has 2 aromatic rings. The molecule has 5 nitrogen and oxygen atoms in total. The normalized spacial score (nSPS) is 9.29. The van der Waals surface area contributed by atoms with Crippen molar-refractivity contribution in [2.24, 2.45) is 0 Å². The van der Waals surface area contributed by atoms with Gasteiger partial charge in [0, 0.05) is 6.42 Å². The van der Waals surface area contributed by atoms with Crippen LogP contribution in [0, 0.1) is 0 Å².